The van der Waals surface area contributed by atoms with Crippen LogP contribution in [-0.2, 0) is 0 Å². The monoisotopic (exact) mass is 222 g/mol. The van der Waals surface area contributed by atoms with Gasteiger partial charge in [0.25, 0.3) is 0 Å². The lowest BCUT2D eigenvalue weighted by molar-refractivity contribution is 0.329. The van der Waals surface area contributed by atoms with Gasteiger partial charge >= 0.3 is 0 Å². The Bertz CT molecular complexity index is 326. The van der Waals surface area contributed by atoms with Gasteiger partial charge in [0.15, 0.2) is 0 Å². The van der Waals surface area contributed by atoms with Crippen LogP contribution in [0.15, 0.2) is 12.5 Å². The molecule has 0 bridgehead atoms. The van der Waals surface area contributed by atoms with Gasteiger partial charge in [-0.05, 0) is 40.4 Å². The van der Waals surface area contributed by atoms with Gasteiger partial charge in [-0.3, -0.25) is 0 Å². The van der Waals surface area contributed by atoms with Crippen LogP contribution < -0.4 is 5.32 Å². The third-order valence-electron chi connectivity index (χ3n) is 3.22. The van der Waals surface area contributed by atoms with Crippen LogP contribution in [0.1, 0.15) is 37.5 Å². The summed E-state index contributed by atoms with van der Waals surface area (Å²) in [5.41, 5.74) is 1.34. The van der Waals surface area contributed by atoms with Crippen molar-refractivity contribution >= 4 is 0 Å². The van der Waals surface area contributed by atoms with Gasteiger partial charge in [0.05, 0.1) is 12.0 Å². The number of likely N-dealkylation sites (N-methyl/N-ethyl adjacent to an activating group) is 1. The SMILES string of the molecule is CC(CN(C)C)n1cncc1[C@@H]1CCCN1. The minimum atomic E-state index is 0.481. The fraction of sp³-hybridized carbons (Fsp3) is 0.750. The molecule has 0 amide bonds. The molecule has 1 saturated heterocycles. The molecule has 4 heteroatoms. The molecule has 0 aromatic carbocycles. The molecular formula is C12H22N4. The quantitative estimate of drug-likeness (QED) is 0.836. The summed E-state index contributed by atoms with van der Waals surface area (Å²) in [5, 5.41) is 3.53. The highest BCUT2D eigenvalue weighted by Crippen LogP contribution is 2.24. The van der Waals surface area contributed by atoms with E-state index in [2.05, 4.69) is 40.8 Å². The van der Waals surface area contributed by atoms with E-state index in [0.717, 1.165) is 13.1 Å². The number of hydrogen-bond acceptors (Lipinski definition) is 3. The maximum atomic E-state index is 4.30. The lowest BCUT2D eigenvalue weighted by Crippen LogP contribution is -2.25. The van der Waals surface area contributed by atoms with Gasteiger partial charge in [-0.1, -0.05) is 0 Å². The molecular weight excluding hydrogens is 200 g/mol. The van der Waals surface area contributed by atoms with Gasteiger partial charge in [-0.2, -0.15) is 0 Å². The molecule has 0 aliphatic carbocycles. The highest BCUT2D eigenvalue weighted by molar-refractivity contribution is 5.08. The number of hydrogen-bond donors (Lipinski definition) is 1. The van der Waals surface area contributed by atoms with Crippen molar-refractivity contribution in [2.24, 2.45) is 0 Å². The molecule has 1 aromatic rings. The van der Waals surface area contributed by atoms with Crippen LogP contribution in [0.2, 0.25) is 0 Å². The molecule has 2 heterocycles. The van der Waals surface area contributed by atoms with E-state index in [1.165, 1.54) is 18.5 Å². The average molecular weight is 222 g/mol. The van der Waals surface area contributed by atoms with Crippen molar-refractivity contribution < 1.29 is 0 Å². The topological polar surface area (TPSA) is 33.1 Å². The van der Waals surface area contributed by atoms with Crippen molar-refractivity contribution in [3.63, 3.8) is 0 Å². The molecule has 1 aliphatic rings. The van der Waals surface area contributed by atoms with Gasteiger partial charge in [0, 0.05) is 24.8 Å². The predicted octanol–water partition coefficient (Wildman–Crippen LogP) is 1.43. The maximum absolute atomic E-state index is 4.30. The van der Waals surface area contributed by atoms with Crippen molar-refractivity contribution in [2.75, 3.05) is 27.2 Å². The molecule has 0 saturated carbocycles. The average Bonchev–Trinajstić information content (AvgIpc) is 2.87. The first-order chi connectivity index (χ1) is 7.68. The van der Waals surface area contributed by atoms with Crippen LogP contribution >= 0.6 is 0 Å². The van der Waals surface area contributed by atoms with E-state index in [0.29, 0.717) is 12.1 Å². The van der Waals surface area contributed by atoms with Crippen molar-refractivity contribution in [3.8, 4) is 0 Å². The second-order valence-electron chi connectivity index (χ2n) is 4.99. The summed E-state index contributed by atoms with van der Waals surface area (Å²) in [6.45, 7) is 4.44. The molecule has 90 valence electrons. The Labute approximate surface area is 97.7 Å². The van der Waals surface area contributed by atoms with Gasteiger partial charge in [0.2, 0.25) is 0 Å². The minimum Gasteiger partial charge on any atom is -0.329 e. The zero-order valence-electron chi connectivity index (χ0n) is 10.5. The predicted molar refractivity (Wildman–Crippen MR) is 65.5 cm³/mol. The second kappa shape index (κ2) is 4.97. The Hall–Kier alpha value is -0.870. The van der Waals surface area contributed by atoms with Crippen LogP contribution in [0.4, 0.5) is 0 Å². The minimum absolute atomic E-state index is 0.481. The Morgan fingerprint density at radius 2 is 2.44 bits per heavy atom. The van der Waals surface area contributed by atoms with Crippen molar-refractivity contribution in [1.82, 2.24) is 19.8 Å². The van der Waals surface area contributed by atoms with Crippen LogP contribution in [0, 0.1) is 0 Å². The summed E-state index contributed by atoms with van der Waals surface area (Å²) in [6, 6.07) is 0.988. The molecule has 16 heavy (non-hydrogen) atoms. The van der Waals surface area contributed by atoms with E-state index in [1.807, 2.05) is 12.5 Å². The molecule has 1 aromatic heterocycles. The molecule has 2 atom stereocenters. The summed E-state index contributed by atoms with van der Waals surface area (Å²) < 4.78 is 2.31. The van der Waals surface area contributed by atoms with E-state index < -0.39 is 0 Å². The third kappa shape index (κ3) is 2.44. The molecule has 1 N–H and O–H groups in total. The molecule has 2 rings (SSSR count). The number of imidazole rings is 1. The van der Waals surface area contributed by atoms with Crippen LogP contribution in [0.25, 0.3) is 0 Å². The molecule has 4 nitrogen and oxygen atoms in total. The molecule has 1 aliphatic heterocycles. The third-order valence-corrected chi connectivity index (χ3v) is 3.22. The van der Waals surface area contributed by atoms with Crippen LogP contribution in [-0.4, -0.2) is 41.6 Å². The first-order valence-electron chi connectivity index (χ1n) is 6.08. The second-order valence-corrected chi connectivity index (χ2v) is 4.99. The zero-order valence-corrected chi connectivity index (χ0v) is 10.5. The summed E-state index contributed by atoms with van der Waals surface area (Å²) in [4.78, 5) is 6.52. The maximum Gasteiger partial charge on any atom is 0.0951 e. The highest BCUT2D eigenvalue weighted by Gasteiger charge is 2.21. The molecule has 0 spiro atoms. The number of nitrogens with one attached hydrogen (secondary N) is 1. The van der Waals surface area contributed by atoms with E-state index in [-0.39, 0.29) is 0 Å². The first-order valence-corrected chi connectivity index (χ1v) is 6.08. The number of rotatable bonds is 4. The largest absolute Gasteiger partial charge is 0.329 e. The van der Waals surface area contributed by atoms with Crippen molar-refractivity contribution in [3.05, 3.63) is 18.2 Å². The van der Waals surface area contributed by atoms with Crippen LogP contribution in [0.3, 0.4) is 0 Å². The fourth-order valence-electron chi connectivity index (χ4n) is 2.51. The van der Waals surface area contributed by atoms with E-state index in [4.69, 9.17) is 0 Å². The van der Waals surface area contributed by atoms with E-state index >= 15 is 0 Å². The number of aromatic nitrogens is 2. The lowest BCUT2D eigenvalue weighted by atomic mass is 10.1. The van der Waals surface area contributed by atoms with Crippen LogP contribution in [0.5, 0.6) is 0 Å². The van der Waals surface area contributed by atoms with E-state index in [9.17, 15) is 0 Å². The van der Waals surface area contributed by atoms with Gasteiger partial charge in [-0.25, -0.2) is 4.98 Å². The normalized spacial score (nSPS) is 22.9. The Morgan fingerprint density at radius 1 is 1.62 bits per heavy atom. The Morgan fingerprint density at radius 3 is 3.06 bits per heavy atom. The molecule has 0 radical (unpaired) electrons. The number of nitrogens with zero attached hydrogens (tertiary/aromatic N) is 3. The Balaban J connectivity index is 2.11. The standard InChI is InChI=1S/C12H22N4/c1-10(8-15(2)3)16-9-13-7-12(16)11-5-4-6-14-11/h7,9-11,14H,4-6,8H2,1-3H3/t10?,11-/m0/s1. The lowest BCUT2D eigenvalue weighted by Gasteiger charge is -2.22. The summed E-state index contributed by atoms with van der Waals surface area (Å²) >= 11 is 0. The smallest absolute Gasteiger partial charge is 0.0951 e. The molecule has 1 unspecified atom stereocenters. The van der Waals surface area contributed by atoms with Gasteiger partial charge in [0.1, 0.15) is 0 Å². The zero-order chi connectivity index (χ0) is 11.5. The van der Waals surface area contributed by atoms with E-state index in [1.54, 1.807) is 0 Å². The highest BCUT2D eigenvalue weighted by atomic mass is 15.2. The summed E-state index contributed by atoms with van der Waals surface area (Å²) in [6.07, 6.45) is 6.48. The fourth-order valence-corrected chi connectivity index (χ4v) is 2.51. The molecule has 1 fully saturated rings. The van der Waals surface area contributed by atoms with Gasteiger partial charge < -0.3 is 14.8 Å². The van der Waals surface area contributed by atoms with Crippen molar-refractivity contribution in [2.45, 2.75) is 31.8 Å². The Kier molecular flexibility index (Phi) is 3.61. The van der Waals surface area contributed by atoms with Crippen molar-refractivity contribution in [1.29, 1.82) is 0 Å². The summed E-state index contributed by atoms with van der Waals surface area (Å²) in [5.74, 6) is 0. The summed E-state index contributed by atoms with van der Waals surface area (Å²) in [7, 11) is 4.22. The van der Waals surface area contributed by atoms with Gasteiger partial charge in [-0.15, -0.1) is 0 Å². The first kappa shape index (κ1) is 11.6.